The third-order valence-electron chi connectivity index (χ3n) is 2.23. The van der Waals surface area contributed by atoms with Gasteiger partial charge in [-0.3, -0.25) is 5.32 Å². The predicted molar refractivity (Wildman–Crippen MR) is 39.6 cm³/mol. The zero-order chi connectivity index (χ0) is 7.61. The molecule has 0 aromatic carbocycles. The Kier molecular flexibility index (Phi) is 2.26. The van der Waals surface area contributed by atoms with Crippen molar-refractivity contribution < 1.29 is 4.39 Å². The normalized spacial score (nSPS) is 26.7. The smallest absolute Gasteiger partial charge is 0.163 e. The molecule has 1 aliphatic rings. The monoisotopic (exact) mass is 146 g/mol. The zero-order valence-electron chi connectivity index (χ0n) is 6.65. The largest absolute Gasteiger partial charge is 0.306 e. The highest BCUT2D eigenvalue weighted by molar-refractivity contribution is 4.81. The molecule has 0 saturated carbocycles. The molecule has 60 valence electrons. The van der Waals surface area contributed by atoms with E-state index < -0.39 is 5.79 Å². The summed E-state index contributed by atoms with van der Waals surface area (Å²) < 4.78 is 13.3. The lowest BCUT2D eigenvalue weighted by molar-refractivity contribution is 0.0448. The van der Waals surface area contributed by atoms with Crippen LogP contribution in [0.3, 0.4) is 0 Å². The summed E-state index contributed by atoms with van der Waals surface area (Å²) in [4.78, 5) is 2.15. The van der Waals surface area contributed by atoms with Crippen molar-refractivity contribution in [2.24, 2.45) is 0 Å². The van der Waals surface area contributed by atoms with Crippen molar-refractivity contribution in [2.45, 2.75) is 18.6 Å². The van der Waals surface area contributed by atoms with Crippen LogP contribution in [0.25, 0.3) is 0 Å². The van der Waals surface area contributed by atoms with Gasteiger partial charge in [-0.25, -0.2) is 4.39 Å². The van der Waals surface area contributed by atoms with Crippen LogP contribution in [0.1, 0.15) is 12.8 Å². The molecule has 1 saturated heterocycles. The maximum absolute atomic E-state index is 13.3. The first kappa shape index (κ1) is 7.95. The van der Waals surface area contributed by atoms with Crippen molar-refractivity contribution in [3.8, 4) is 0 Å². The Morgan fingerprint density at radius 2 is 1.90 bits per heavy atom. The summed E-state index contributed by atoms with van der Waals surface area (Å²) in [6, 6.07) is 0. The summed E-state index contributed by atoms with van der Waals surface area (Å²) in [5.41, 5.74) is 0. The average Bonchev–Trinajstić information content (AvgIpc) is 1.96. The van der Waals surface area contributed by atoms with Gasteiger partial charge in [-0.2, -0.15) is 0 Å². The average molecular weight is 146 g/mol. The number of hydrogen-bond donors (Lipinski definition) is 1. The highest BCUT2D eigenvalue weighted by Crippen LogP contribution is 2.21. The molecular formula is C7H15FN2. The van der Waals surface area contributed by atoms with Crippen LogP contribution in [0.2, 0.25) is 0 Å². The van der Waals surface area contributed by atoms with E-state index in [0.29, 0.717) is 12.8 Å². The van der Waals surface area contributed by atoms with Crippen LogP contribution in [0.15, 0.2) is 0 Å². The Hall–Kier alpha value is -0.150. The highest BCUT2D eigenvalue weighted by Gasteiger charge is 2.30. The van der Waals surface area contributed by atoms with Crippen LogP contribution in [-0.4, -0.2) is 37.9 Å². The summed E-state index contributed by atoms with van der Waals surface area (Å²) in [5.74, 6) is -1.09. The molecule has 1 heterocycles. The van der Waals surface area contributed by atoms with Crippen LogP contribution in [0, 0.1) is 0 Å². The van der Waals surface area contributed by atoms with Crippen LogP contribution >= 0.6 is 0 Å². The standard InChI is InChI=1S/C7H15FN2/c1-9-7(8)3-5-10(2)6-4-7/h9H,3-6H2,1-2H3. The number of alkyl halides is 1. The summed E-state index contributed by atoms with van der Waals surface area (Å²) in [6.45, 7) is 1.72. The molecule has 0 radical (unpaired) electrons. The van der Waals surface area contributed by atoms with E-state index >= 15 is 0 Å². The molecule has 0 aromatic heterocycles. The van der Waals surface area contributed by atoms with Crippen molar-refractivity contribution in [1.82, 2.24) is 10.2 Å². The Labute approximate surface area is 61.4 Å². The first-order valence-corrected chi connectivity index (χ1v) is 3.73. The Balaban J connectivity index is 2.38. The van der Waals surface area contributed by atoms with Gasteiger partial charge in [0.25, 0.3) is 0 Å². The van der Waals surface area contributed by atoms with Gasteiger partial charge in [0.15, 0.2) is 5.79 Å². The predicted octanol–water partition coefficient (Wildman–Crippen LogP) is 0.597. The van der Waals surface area contributed by atoms with Gasteiger partial charge in [0.05, 0.1) is 0 Å². The molecule has 1 fully saturated rings. The minimum atomic E-state index is -1.09. The van der Waals surface area contributed by atoms with Gasteiger partial charge in [-0.1, -0.05) is 0 Å². The second kappa shape index (κ2) is 2.84. The quantitative estimate of drug-likeness (QED) is 0.545. The van der Waals surface area contributed by atoms with E-state index in [-0.39, 0.29) is 0 Å². The third kappa shape index (κ3) is 1.67. The van der Waals surface area contributed by atoms with E-state index in [9.17, 15) is 4.39 Å². The molecule has 0 bridgehead atoms. The number of nitrogens with one attached hydrogen (secondary N) is 1. The first-order chi connectivity index (χ1) is 4.66. The van der Waals surface area contributed by atoms with Gasteiger partial charge in [-0.15, -0.1) is 0 Å². The second-order valence-corrected chi connectivity index (χ2v) is 3.02. The Morgan fingerprint density at radius 3 is 2.30 bits per heavy atom. The molecule has 0 unspecified atom stereocenters. The molecule has 0 aliphatic carbocycles. The second-order valence-electron chi connectivity index (χ2n) is 3.02. The number of nitrogens with zero attached hydrogens (tertiary/aromatic N) is 1. The maximum Gasteiger partial charge on any atom is 0.163 e. The van der Waals surface area contributed by atoms with Crippen molar-refractivity contribution >= 4 is 0 Å². The fourth-order valence-electron chi connectivity index (χ4n) is 1.22. The van der Waals surface area contributed by atoms with Gasteiger partial charge in [0, 0.05) is 25.9 Å². The van der Waals surface area contributed by atoms with E-state index in [1.165, 1.54) is 0 Å². The Morgan fingerprint density at radius 1 is 1.40 bits per heavy atom. The molecule has 1 N–H and O–H groups in total. The summed E-state index contributed by atoms with van der Waals surface area (Å²) in [5, 5.41) is 2.71. The molecule has 2 nitrogen and oxygen atoms in total. The fraction of sp³-hybridized carbons (Fsp3) is 1.00. The van der Waals surface area contributed by atoms with E-state index in [2.05, 4.69) is 10.2 Å². The third-order valence-corrected chi connectivity index (χ3v) is 2.23. The summed E-state index contributed by atoms with van der Waals surface area (Å²) >= 11 is 0. The highest BCUT2D eigenvalue weighted by atomic mass is 19.1. The lowest BCUT2D eigenvalue weighted by Gasteiger charge is -2.33. The molecule has 0 aromatic rings. The lowest BCUT2D eigenvalue weighted by Crippen LogP contribution is -2.47. The van der Waals surface area contributed by atoms with E-state index in [0.717, 1.165) is 13.1 Å². The minimum Gasteiger partial charge on any atom is -0.306 e. The number of halogens is 1. The van der Waals surface area contributed by atoms with Crippen LogP contribution < -0.4 is 5.32 Å². The molecule has 0 atom stereocenters. The SMILES string of the molecule is CNC1(F)CCN(C)CC1. The molecular weight excluding hydrogens is 131 g/mol. The Bertz CT molecular complexity index is 108. The van der Waals surface area contributed by atoms with Crippen LogP contribution in [0.4, 0.5) is 4.39 Å². The fourth-order valence-corrected chi connectivity index (χ4v) is 1.22. The van der Waals surface area contributed by atoms with Gasteiger partial charge in [0.2, 0.25) is 0 Å². The van der Waals surface area contributed by atoms with Crippen molar-refractivity contribution in [3.05, 3.63) is 0 Å². The number of piperidine rings is 1. The van der Waals surface area contributed by atoms with E-state index in [1.807, 2.05) is 7.05 Å². The van der Waals surface area contributed by atoms with Crippen molar-refractivity contribution in [2.75, 3.05) is 27.2 Å². The molecule has 10 heavy (non-hydrogen) atoms. The van der Waals surface area contributed by atoms with Crippen LogP contribution in [0.5, 0.6) is 0 Å². The molecule has 1 aliphatic heterocycles. The molecule has 3 heteroatoms. The summed E-state index contributed by atoms with van der Waals surface area (Å²) in [6.07, 6.45) is 1.22. The maximum atomic E-state index is 13.3. The first-order valence-electron chi connectivity index (χ1n) is 3.73. The lowest BCUT2D eigenvalue weighted by atomic mass is 10.0. The van der Waals surface area contributed by atoms with Gasteiger partial charge >= 0.3 is 0 Å². The number of rotatable bonds is 1. The van der Waals surface area contributed by atoms with Crippen LogP contribution in [-0.2, 0) is 0 Å². The topological polar surface area (TPSA) is 15.3 Å². The minimum absolute atomic E-state index is 0.611. The van der Waals surface area contributed by atoms with E-state index in [1.54, 1.807) is 7.05 Å². The van der Waals surface area contributed by atoms with Crippen molar-refractivity contribution in [1.29, 1.82) is 0 Å². The number of likely N-dealkylation sites (tertiary alicyclic amines) is 1. The molecule has 0 spiro atoms. The summed E-state index contributed by atoms with van der Waals surface area (Å²) in [7, 11) is 3.71. The van der Waals surface area contributed by atoms with Gasteiger partial charge < -0.3 is 4.90 Å². The molecule has 0 amide bonds. The van der Waals surface area contributed by atoms with E-state index in [4.69, 9.17) is 0 Å². The van der Waals surface area contributed by atoms with Crippen molar-refractivity contribution in [3.63, 3.8) is 0 Å². The zero-order valence-corrected chi connectivity index (χ0v) is 6.65. The van der Waals surface area contributed by atoms with Gasteiger partial charge in [-0.05, 0) is 14.1 Å². The molecule has 1 rings (SSSR count). The number of hydrogen-bond acceptors (Lipinski definition) is 2. The van der Waals surface area contributed by atoms with Gasteiger partial charge in [0.1, 0.15) is 0 Å².